The molecule has 2 aliphatic rings. The van der Waals surface area contributed by atoms with Crippen molar-refractivity contribution in [1.29, 1.82) is 0 Å². The Morgan fingerprint density at radius 3 is 2.83 bits per heavy atom. The average molecular weight is 412 g/mol. The second-order valence-corrected chi connectivity index (χ2v) is 8.74. The summed E-state index contributed by atoms with van der Waals surface area (Å²) in [5.74, 6) is -0.302. The number of carbonyl (C=O) groups is 1. The van der Waals surface area contributed by atoms with Crippen LogP contribution in [0.25, 0.3) is 0 Å². The summed E-state index contributed by atoms with van der Waals surface area (Å²) in [7, 11) is 1.84. The molecule has 4 rings (SSSR count). The van der Waals surface area contributed by atoms with Gasteiger partial charge < -0.3 is 10.5 Å². The summed E-state index contributed by atoms with van der Waals surface area (Å²) in [5.41, 5.74) is 8.63. The van der Waals surface area contributed by atoms with Gasteiger partial charge in [-0.2, -0.15) is 0 Å². The van der Waals surface area contributed by atoms with Crippen LogP contribution >= 0.6 is 11.8 Å². The van der Waals surface area contributed by atoms with Gasteiger partial charge in [-0.15, -0.1) is 5.10 Å². The van der Waals surface area contributed by atoms with E-state index in [1.165, 1.54) is 18.3 Å². The maximum absolute atomic E-state index is 13.2. The van der Waals surface area contributed by atoms with Gasteiger partial charge in [-0.25, -0.2) is 14.4 Å². The van der Waals surface area contributed by atoms with Gasteiger partial charge in [0.15, 0.2) is 0 Å². The van der Waals surface area contributed by atoms with Crippen molar-refractivity contribution in [3.63, 3.8) is 0 Å². The summed E-state index contributed by atoms with van der Waals surface area (Å²) in [5, 5.41) is 5.33. The molecule has 1 fully saturated rings. The smallest absolute Gasteiger partial charge is 0.208 e. The van der Waals surface area contributed by atoms with Gasteiger partial charge in [-0.3, -0.25) is 4.68 Å². The van der Waals surface area contributed by atoms with Crippen LogP contribution in [0.15, 0.2) is 64.2 Å². The van der Waals surface area contributed by atoms with Crippen LogP contribution in [0, 0.1) is 11.2 Å². The zero-order valence-corrected chi connectivity index (χ0v) is 16.9. The number of aryl methyl sites for hydroxylation is 1. The number of nitrogens with two attached hydrogens (primary N) is 1. The van der Waals surface area contributed by atoms with Crippen LogP contribution in [0.3, 0.4) is 0 Å². The standard InChI is InChI=1S/C21H22FN5OS/c1-27-13-24-20(26-27)29-18-7-2-15-8-19(25-17-5-3-16(22)4-6-17)14(11-23)9-21(15,10-18)12-28/h3-6,8,11-13,18H,2,7,9-10,23H2,1H3/b14-11-,25-19?/t18-,21+/m0/s1. The van der Waals surface area contributed by atoms with Crippen molar-refractivity contribution in [3.8, 4) is 0 Å². The maximum Gasteiger partial charge on any atom is 0.208 e. The quantitative estimate of drug-likeness (QED) is 0.775. The molecule has 6 nitrogen and oxygen atoms in total. The summed E-state index contributed by atoms with van der Waals surface area (Å²) in [6.07, 6.45) is 9.24. The highest BCUT2D eigenvalue weighted by Gasteiger charge is 2.44. The van der Waals surface area contributed by atoms with Gasteiger partial charge in [0.05, 0.1) is 16.8 Å². The van der Waals surface area contributed by atoms with Crippen LogP contribution in [0.1, 0.15) is 25.7 Å². The molecule has 0 saturated heterocycles. The minimum absolute atomic E-state index is 0.259. The lowest BCUT2D eigenvalue weighted by Crippen LogP contribution is -2.38. The molecule has 2 N–H and O–H groups in total. The first-order chi connectivity index (χ1) is 14.0. The maximum atomic E-state index is 13.2. The predicted molar refractivity (Wildman–Crippen MR) is 111 cm³/mol. The van der Waals surface area contributed by atoms with Gasteiger partial charge in [0.1, 0.15) is 18.4 Å². The lowest BCUT2D eigenvalue weighted by Gasteiger charge is -2.42. The molecule has 150 valence electrons. The Morgan fingerprint density at radius 1 is 1.38 bits per heavy atom. The highest BCUT2D eigenvalue weighted by Crippen LogP contribution is 2.50. The number of aromatic nitrogens is 3. The van der Waals surface area contributed by atoms with Crippen LogP contribution in [-0.2, 0) is 11.8 Å². The Labute approximate surface area is 172 Å². The first-order valence-electron chi connectivity index (χ1n) is 9.46. The van der Waals surface area contributed by atoms with E-state index in [-0.39, 0.29) is 11.1 Å². The number of nitrogens with zero attached hydrogens (tertiary/aromatic N) is 4. The van der Waals surface area contributed by atoms with Gasteiger partial charge in [0.25, 0.3) is 0 Å². The van der Waals surface area contributed by atoms with Crippen molar-refractivity contribution in [2.24, 2.45) is 23.2 Å². The monoisotopic (exact) mass is 411 g/mol. The number of halogens is 1. The minimum atomic E-state index is -0.572. The Balaban J connectivity index is 1.62. The molecule has 1 aromatic heterocycles. The summed E-state index contributed by atoms with van der Waals surface area (Å²) < 4.78 is 14.9. The molecule has 0 aliphatic heterocycles. The van der Waals surface area contributed by atoms with E-state index in [0.717, 1.165) is 41.1 Å². The van der Waals surface area contributed by atoms with Crippen molar-refractivity contribution in [2.45, 2.75) is 36.1 Å². The third kappa shape index (κ3) is 4.03. The van der Waals surface area contributed by atoms with Crippen LogP contribution in [0.5, 0.6) is 0 Å². The normalized spacial score (nSPS) is 27.0. The van der Waals surface area contributed by atoms with Gasteiger partial charge in [0.2, 0.25) is 5.16 Å². The van der Waals surface area contributed by atoms with E-state index in [4.69, 9.17) is 5.73 Å². The van der Waals surface area contributed by atoms with E-state index in [0.29, 0.717) is 18.5 Å². The molecule has 1 saturated carbocycles. The Morgan fingerprint density at radius 2 is 2.17 bits per heavy atom. The molecule has 1 heterocycles. The van der Waals surface area contributed by atoms with E-state index in [1.807, 2.05) is 13.1 Å². The van der Waals surface area contributed by atoms with Crippen molar-refractivity contribution in [2.75, 3.05) is 0 Å². The van der Waals surface area contributed by atoms with Crippen LogP contribution in [0.4, 0.5) is 10.1 Å². The molecular formula is C21H22FN5OS. The lowest BCUT2D eigenvalue weighted by molar-refractivity contribution is -0.115. The van der Waals surface area contributed by atoms with Crippen LogP contribution in [0.2, 0.25) is 0 Å². The number of benzene rings is 1. The molecule has 2 atom stereocenters. The van der Waals surface area contributed by atoms with Crippen molar-refractivity contribution >= 4 is 29.4 Å². The van der Waals surface area contributed by atoms with Crippen LogP contribution < -0.4 is 5.73 Å². The molecule has 2 aliphatic carbocycles. The molecule has 0 spiro atoms. The number of hydrogen-bond donors (Lipinski definition) is 1. The zero-order chi connectivity index (χ0) is 20.4. The van der Waals surface area contributed by atoms with E-state index in [9.17, 15) is 9.18 Å². The molecule has 0 amide bonds. The summed E-state index contributed by atoms with van der Waals surface area (Å²) in [6, 6.07) is 6.02. The average Bonchev–Trinajstić information content (AvgIpc) is 3.14. The minimum Gasteiger partial charge on any atom is -0.404 e. The molecule has 8 heteroatoms. The van der Waals surface area contributed by atoms with Crippen molar-refractivity contribution in [3.05, 3.63) is 59.8 Å². The first kappa shape index (κ1) is 19.6. The fourth-order valence-electron chi connectivity index (χ4n) is 3.99. The molecule has 29 heavy (non-hydrogen) atoms. The zero-order valence-electron chi connectivity index (χ0n) is 16.1. The molecule has 1 aromatic carbocycles. The first-order valence-corrected chi connectivity index (χ1v) is 10.3. The molecule has 0 unspecified atom stereocenters. The van der Waals surface area contributed by atoms with Gasteiger partial charge >= 0.3 is 0 Å². The van der Waals surface area contributed by atoms with E-state index < -0.39 is 5.41 Å². The Hall–Kier alpha value is -2.74. The number of thioether (sulfide) groups is 1. The van der Waals surface area contributed by atoms with Gasteiger partial charge in [-0.1, -0.05) is 17.3 Å². The number of allylic oxidation sites excluding steroid dienone is 3. The molecular weight excluding hydrogens is 389 g/mol. The van der Waals surface area contributed by atoms with Gasteiger partial charge in [-0.05, 0) is 67.8 Å². The van der Waals surface area contributed by atoms with E-state index in [1.54, 1.807) is 34.9 Å². The number of hydrogen-bond acceptors (Lipinski definition) is 6. The topological polar surface area (TPSA) is 86.2 Å². The van der Waals surface area contributed by atoms with E-state index in [2.05, 4.69) is 15.1 Å². The van der Waals surface area contributed by atoms with Crippen molar-refractivity contribution in [1.82, 2.24) is 14.8 Å². The third-order valence-corrected chi connectivity index (χ3v) is 6.60. The summed E-state index contributed by atoms with van der Waals surface area (Å²) in [4.78, 5) is 21.2. The highest BCUT2D eigenvalue weighted by molar-refractivity contribution is 7.99. The third-order valence-electron chi connectivity index (χ3n) is 5.47. The fraction of sp³-hybridized carbons (Fsp3) is 0.333. The fourth-order valence-corrected chi connectivity index (χ4v) is 5.18. The lowest BCUT2D eigenvalue weighted by atomic mass is 9.64. The second kappa shape index (κ2) is 7.94. The Kier molecular flexibility index (Phi) is 5.36. The highest BCUT2D eigenvalue weighted by atomic mass is 32.2. The number of rotatable bonds is 4. The summed E-state index contributed by atoms with van der Waals surface area (Å²) in [6.45, 7) is 0. The van der Waals surface area contributed by atoms with Crippen LogP contribution in [-0.4, -0.2) is 32.0 Å². The van der Waals surface area contributed by atoms with Crippen molar-refractivity contribution < 1.29 is 9.18 Å². The number of carbonyl (C=O) groups excluding carboxylic acids is 1. The summed E-state index contributed by atoms with van der Waals surface area (Å²) >= 11 is 1.62. The number of fused-ring (bicyclic) bond motifs is 1. The Bertz CT molecular complexity index is 1010. The predicted octanol–water partition coefficient (Wildman–Crippen LogP) is 3.73. The molecule has 2 aromatic rings. The number of aliphatic imine (C=N–C) groups is 1. The van der Waals surface area contributed by atoms with Gasteiger partial charge in [0, 0.05) is 12.3 Å². The largest absolute Gasteiger partial charge is 0.404 e. The SMILES string of the molecule is Cn1cnc(S[C@H]2CCC3=CC(=Nc4ccc(F)cc4)/C(=C\N)C[C@]3(C=O)C2)n1. The number of aldehydes is 1. The molecule has 0 bridgehead atoms. The molecule has 0 radical (unpaired) electrons. The second-order valence-electron chi connectivity index (χ2n) is 7.47. The van der Waals surface area contributed by atoms with E-state index >= 15 is 0 Å².